The summed E-state index contributed by atoms with van der Waals surface area (Å²) >= 11 is 0. The molecule has 3 aromatic rings. The normalized spacial score (nSPS) is 15.7. The molecule has 1 N–H and O–H groups in total. The van der Waals surface area contributed by atoms with Gasteiger partial charge < -0.3 is 19.7 Å². The summed E-state index contributed by atoms with van der Waals surface area (Å²) in [5.74, 6) is -1.93. The van der Waals surface area contributed by atoms with E-state index in [4.69, 9.17) is 9.47 Å². The van der Waals surface area contributed by atoms with Gasteiger partial charge in [0.05, 0.1) is 29.1 Å². The van der Waals surface area contributed by atoms with Gasteiger partial charge in [-0.05, 0) is 50.9 Å². The molecule has 9 heteroatoms. The Morgan fingerprint density at radius 1 is 0.909 bits per heavy atom. The number of nitrogens with one attached hydrogen (secondary N) is 1. The van der Waals surface area contributed by atoms with E-state index in [1.165, 1.54) is 36.4 Å². The number of methoxy groups -OCH3 is 1. The Hall–Kier alpha value is -4.76. The van der Waals surface area contributed by atoms with Gasteiger partial charge in [-0.15, -0.1) is 0 Å². The van der Waals surface area contributed by atoms with Crippen LogP contribution in [0.3, 0.4) is 0 Å². The number of likely N-dealkylation sites (N-methyl/N-ethyl adjacent to an activating group) is 1. The minimum atomic E-state index is -0.898. The summed E-state index contributed by atoms with van der Waals surface area (Å²) in [4.78, 5) is 39.7. The molecular formula is C35H39N3O6. The fourth-order valence-electron chi connectivity index (χ4n) is 5.73. The van der Waals surface area contributed by atoms with Gasteiger partial charge in [0, 0.05) is 42.0 Å². The lowest BCUT2D eigenvalue weighted by atomic mass is 9.80. The molecule has 1 heterocycles. The summed E-state index contributed by atoms with van der Waals surface area (Å²) in [6.45, 7) is 6.20. The second-order valence-electron chi connectivity index (χ2n) is 11.1. The number of hydrogen-bond donors (Lipinski definition) is 1. The van der Waals surface area contributed by atoms with Crippen molar-refractivity contribution in [3.05, 3.63) is 134 Å². The third-order valence-corrected chi connectivity index (χ3v) is 8.21. The first-order valence-corrected chi connectivity index (χ1v) is 14.6. The predicted octanol–water partition coefficient (Wildman–Crippen LogP) is 6.09. The molecule has 2 atom stereocenters. The van der Waals surface area contributed by atoms with Gasteiger partial charge >= 0.3 is 11.9 Å². The van der Waals surface area contributed by atoms with E-state index in [1.54, 1.807) is 19.9 Å². The lowest BCUT2D eigenvalue weighted by molar-refractivity contribution is -0.384. The summed E-state index contributed by atoms with van der Waals surface area (Å²) in [6, 6.07) is 27.0. The molecule has 4 rings (SSSR count). The number of carbonyl (C=O) groups excluding carboxylic acids is 2. The van der Waals surface area contributed by atoms with Gasteiger partial charge in [0.1, 0.15) is 6.61 Å². The van der Waals surface area contributed by atoms with E-state index in [-0.39, 0.29) is 35.4 Å². The lowest BCUT2D eigenvalue weighted by Gasteiger charge is -2.31. The molecule has 2 unspecified atom stereocenters. The SMILES string of the molecule is COC(=O)C1=C(C)NC(C)=C(C(=O)OCCN(C)C(C)CC(c2ccccc2)c2ccccc2)C1c1cccc([N+](=O)[O-])c1. The molecule has 0 aromatic heterocycles. The Balaban J connectivity index is 1.49. The van der Waals surface area contributed by atoms with Crippen molar-refractivity contribution in [3.63, 3.8) is 0 Å². The number of ether oxygens (including phenoxy) is 2. The van der Waals surface area contributed by atoms with Gasteiger partial charge in [-0.1, -0.05) is 72.8 Å². The van der Waals surface area contributed by atoms with E-state index in [1.807, 2.05) is 19.2 Å². The molecular weight excluding hydrogens is 558 g/mol. The second-order valence-corrected chi connectivity index (χ2v) is 11.1. The standard InChI is InChI=1S/C35H39N3O6/c1-23(21-30(26-13-8-6-9-14-26)27-15-10-7-11-16-27)37(4)19-20-44-35(40)32-25(3)36-24(2)31(34(39)43-5)33(32)28-17-12-18-29(22-28)38(41)42/h6-18,22-23,30,33,36H,19-21H2,1-5H3. The van der Waals surface area contributed by atoms with Crippen molar-refractivity contribution in [3.8, 4) is 0 Å². The van der Waals surface area contributed by atoms with Crippen LogP contribution >= 0.6 is 0 Å². The average Bonchev–Trinajstić information content (AvgIpc) is 3.03. The van der Waals surface area contributed by atoms with Gasteiger partial charge in [-0.25, -0.2) is 9.59 Å². The van der Waals surface area contributed by atoms with Gasteiger partial charge in [0.15, 0.2) is 0 Å². The van der Waals surface area contributed by atoms with Crippen LogP contribution in [0.25, 0.3) is 0 Å². The molecule has 0 fully saturated rings. The van der Waals surface area contributed by atoms with Crippen LogP contribution in [-0.2, 0) is 19.1 Å². The van der Waals surface area contributed by atoms with E-state index in [0.29, 0.717) is 23.5 Å². The molecule has 44 heavy (non-hydrogen) atoms. The number of nitrogens with zero attached hydrogens (tertiary/aromatic N) is 2. The van der Waals surface area contributed by atoms with Crippen molar-refractivity contribution in [1.82, 2.24) is 10.2 Å². The molecule has 230 valence electrons. The van der Waals surface area contributed by atoms with E-state index < -0.39 is 22.8 Å². The zero-order chi connectivity index (χ0) is 31.8. The van der Waals surface area contributed by atoms with Crippen molar-refractivity contribution < 1.29 is 24.0 Å². The molecule has 0 saturated carbocycles. The van der Waals surface area contributed by atoms with Crippen LogP contribution in [0, 0.1) is 10.1 Å². The number of nitro groups is 1. The number of esters is 2. The maximum absolute atomic E-state index is 13.6. The van der Waals surface area contributed by atoms with Gasteiger partial charge in [0.25, 0.3) is 5.69 Å². The van der Waals surface area contributed by atoms with E-state index in [0.717, 1.165) is 6.42 Å². The maximum atomic E-state index is 13.6. The number of allylic oxidation sites excluding steroid dienone is 2. The highest BCUT2D eigenvalue weighted by atomic mass is 16.6. The summed E-state index contributed by atoms with van der Waals surface area (Å²) < 4.78 is 10.8. The topological polar surface area (TPSA) is 111 Å². The Bertz CT molecular complexity index is 1510. The van der Waals surface area contributed by atoms with E-state index >= 15 is 0 Å². The van der Waals surface area contributed by atoms with Crippen LogP contribution in [0.2, 0.25) is 0 Å². The van der Waals surface area contributed by atoms with Crippen LogP contribution in [-0.4, -0.2) is 55.1 Å². The molecule has 0 bridgehead atoms. The summed E-state index contributed by atoms with van der Waals surface area (Å²) in [7, 11) is 3.26. The minimum Gasteiger partial charge on any atom is -0.466 e. The average molecular weight is 598 g/mol. The molecule has 0 amide bonds. The fourth-order valence-corrected chi connectivity index (χ4v) is 5.73. The largest absolute Gasteiger partial charge is 0.466 e. The van der Waals surface area contributed by atoms with Crippen molar-refractivity contribution in [2.24, 2.45) is 0 Å². The monoisotopic (exact) mass is 597 g/mol. The zero-order valence-corrected chi connectivity index (χ0v) is 25.8. The molecule has 0 saturated heterocycles. The number of dihydropyridines is 1. The lowest BCUT2D eigenvalue weighted by Crippen LogP contribution is -2.35. The molecule has 1 aliphatic heterocycles. The molecule has 1 aliphatic rings. The number of benzene rings is 3. The number of hydrogen-bond acceptors (Lipinski definition) is 8. The van der Waals surface area contributed by atoms with Crippen LogP contribution in [0.4, 0.5) is 5.69 Å². The minimum absolute atomic E-state index is 0.121. The first kappa shape index (κ1) is 32.2. The first-order valence-electron chi connectivity index (χ1n) is 14.6. The summed E-state index contributed by atoms with van der Waals surface area (Å²) in [5, 5.41) is 14.6. The highest BCUT2D eigenvalue weighted by Crippen LogP contribution is 2.40. The van der Waals surface area contributed by atoms with E-state index in [2.05, 4.69) is 65.7 Å². The van der Waals surface area contributed by atoms with Crippen molar-refractivity contribution >= 4 is 17.6 Å². The quantitative estimate of drug-likeness (QED) is 0.152. The van der Waals surface area contributed by atoms with Crippen molar-refractivity contribution in [2.75, 3.05) is 27.3 Å². The molecule has 3 aromatic carbocycles. The van der Waals surface area contributed by atoms with Crippen molar-refractivity contribution in [1.29, 1.82) is 0 Å². The Labute approximate surface area is 258 Å². The van der Waals surface area contributed by atoms with Crippen LogP contribution in [0.15, 0.2) is 107 Å². The van der Waals surface area contributed by atoms with E-state index in [9.17, 15) is 19.7 Å². The van der Waals surface area contributed by atoms with Crippen LogP contribution < -0.4 is 5.32 Å². The third-order valence-electron chi connectivity index (χ3n) is 8.21. The fraction of sp³-hybridized carbons (Fsp3) is 0.314. The summed E-state index contributed by atoms with van der Waals surface area (Å²) in [5.41, 5.74) is 4.18. The maximum Gasteiger partial charge on any atom is 0.336 e. The van der Waals surface area contributed by atoms with Crippen LogP contribution in [0.1, 0.15) is 55.7 Å². The molecule has 9 nitrogen and oxygen atoms in total. The molecule has 0 aliphatic carbocycles. The number of non-ortho nitro benzene ring substituents is 1. The van der Waals surface area contributed by atoms with Crippen molar-refractivity contribution in [2.45, 2.75) is 45.1 Å². The number of nitro benzene ring substituents is 1. The highest BCUT2D eigenvalue weighted by molar-refractivity contribution is 5.99. The number of carbonyl (C=O) groups is 2. The van der Waals surface area contributed by atoms with Gasteiger partial charge in [0.2, 0.25) is 0 Å². The Morgan fingerprint density at radius 2 is 1.48 bits per heavy atom. The number of rotatable bonds is 12. The van der Waals surface area contributed by atoms with Gasteiger partial charge in [-0.3, -0.25) is 10.1 Å². The summed E-state index contributed by atoms with van der Waals surface area (Å²) in [6.07, 6.45) is 0.869. The third kappa shape index (κ3) is 7.41. The Kier molecular flexibility index (Phi) is 10.7. The first-order chi connectivity index (χ1) is 21.1. The Morgan fingerprint density at radius 3 is 2.02 bits per heavy atom. The molecule has 0 radical (unpaired) electrons. The second kappa shape index (κ2) is 14.6. The molecule has 0 spiro atoms. The zero-order valence-electron chi connectivity index (χ0n) is 25.8. The van der Waals surface area contributed by atoms with Gasteiger partial charge in [-0.2, -0.15) is 0 Å². The highest BCUT2D eigenvalue weighted by Gasteiger charge is 2.38. The van der Waals surface area contributed by atoms with Crippen LogP contribution in [0.5, 0.6) is 0 Å². The smallest absolute Gasteiger partial charge is 0.336 e. The predicted molar refractivity (Wildman–Crippen MR) is 169 cm³/mol.